The van der Waals surface area contributed by atoms with Gasteiger partial charge >= 0.3 is 5.97 Å². The lowest BCUT2D eigenvalue weighted by Crippen LogP contribution is -2.40. The Kier molecular flexibility index (Phi) is 4.67. The van der Waals surface area contributed by atoms with Crippen molar-refractivity contribution in [3.8, 4) is 0 Å². The summed E-state index contributed by atoms with van der Waals surface area (Å²) in [6.45, 7) is 1.83. The molecular formula is C13H21N3O4S. The number of aromatic nitrogens is 2. The molecule has 1 aromatic rings. The van der Waals surface area contributed by atoms with Crippen LogP contribution in [0.4, 0.5) is 0 Å². The van der Waals surface area contributed by atoms with Crippen molar-refractivity contribution in [3.63, 3.8) is 0 Å². The Labute approximate surface area is 124 Å². The Bertz CT molecular complexity index is 603. The van der Waals surface area contributed by atoms with Gasteiger partial charge in [0.2, 0.25) is 0 Å². The van der Waals surface area contributed by atoms with Gasteiger partial charge in [-0.3, -0.25) is 4.79 Å². The third kappa shape index (κ3) is 4.04. The number of carbonyl (C=O) groups is 1. The first-order valence-corrected chi connectivity index (χ1v) is 8.54. The minimum atomic E-state index is -3.67. The van der Waals surface area contributed by atoms with Crippen LogP contribution in [-0.4, -0.2) is 36.0 Å². The van der Waals surface area contributed by atoms with Crippen molar-refractivity contribution < 1.29 is 18.3 Å². The number of sulfonamides is 1. The number of carboxylic acid groups (broad SMARTS) is 1. The van der Waals surface area contributed by atoms with Crippen LogP contribution in [0.2, 0.25) is 0 Å². The third-order valence-corrected chi connectivity index (χ3v) is 5.36. The molecule has 0 unspecified atom stereocenters. The molecule has 1 fully saturated rings. The fourth-order valence-corrected chi connectivity index (χ4v) is 4.02. The maximum absolute atomic E-state index is 12.2. The highest BCUT2D eigenvalue weighted by Crippen LogP contribution is 2.39. The highest BCUT2D eigenvalue weighted by Gasteiger charge is 2.35. The average molecular weight is 315 g/mol. The number of carboxylic acids is 1. The first-order valence-electron chi connectivity index (χ1n) is 7.06. The van der Waals surface area contributed by atoms with Crippen molar-refractivity contribution in [2.24, 2.45) is 5.41 Å². The molecule has 21 heavy (non-hydrogen) atoms. The van der Waals surface area contributed by atoms with E-state index in [1.165, 1.54) is 6.20 Å². The maximum atomic E-state index is 12.2. The van der Waals surface area contributed by atoms with Gasteiger partial charge in [-0.25, -0.2) is 18.1 Å². The standard InChI is InChI=1S/C13H21N3O4S/c1-10-14-8-11(16-10)21(19,20)15-9-13(7-12(17)18)5-3-2-4-6-13/h8,15H,2-7,9H2,1H3,(H,14,16)(H,17,18). The van der Waals surface area contributed by atoms with E-state index in [-0.39, 0.29) is 18.0 Å². The van der Waals surface area contributed by atoms with Crippen LogP contribution in [0.15, 0.2) is 11.2 Å². The van der Waals surface area contributed by atoms with Gasteiger partial charge in [-0.2, -0.15) is 0 Å². The molecule has 0 amide bonds. The highest BCUT2D eigenvalue weighted by atomic mass is 32.2. The normalized spacial score (nSPS) is 18.5. The van der Waals surface area contributed by atoms with E-state index in [0.717, 1.165) is 32.1 Å². The Balaban J connectivity index is 2.09. The number of nitrogens with one attached hydrogen (secondary N) is 2. The van der Waals surface area contributed by atoms with Gasteiger partial charge < -0.3 is 10.1 Å². The number of H-pyrrole nitrogens is 1. The first-order chi connectivity index (χ1) is 9.83. The summed E-state index contributed by atoms with van der Waals surface area (Å²) < 4.78 is 26.9. The fraction of sp³-hybridized carbons (Fsp3) is 0.692. The maximum Gasteiger partial charge on any atom is 0.303 e. The van der Waals surface area contributed by atoms with Crippen LogP contribution in [0, 0.1) is 12.3 Å². The molecule has 1 aliphatic rings. The number of aryl methyl sites for hydroxylation is 1. The molecule has 0 bridgehead atoms. The average Bonchev–Trinajstić information content (AvgIpc) is 2.85. The lowest BCUT2D eigenvalue weighted by molar-refractivity contribution is -0.140. The zero-order chi connectivity index (χ0) is 15.5. The van der Waals surface area contributed by atoms with E-state index in [4.69, 9.17) is 5.11 Å². The molecule has 1 saturated carbocycles. The summed E-state index contributed by atoms with van der Waals surface area (Å²) in [7, 11) is -3.67. The summed E-state index contributed by atoms with van der Waals surface area (Å²) >= 11 is 0. The molecule has 0 aliphatic heterocycles. The summed E-state index contributed by atoms with van der Waals surface area (Å²) in [5, 5.41) is 9.10. The summed E-state index contributed by atoms with van der Waals surface area (Å²) in [4.78, 5) is 17.6. The summed E-state index contributed by atoms with van der Waals surface area (Å²) in [5.41, 5.74) is -0.480. The lowest BCUT2D eigenvalue weighted by atomic mass is 9.72. The predicted octanol–water partition coefficient (Wildman–Crippen LogP) is 1.42. The van der Waals surface area contributed by atoms with E-state index >= 15 is 0 Å². The molecule has 3 N–H and O–H groups in total. The summed E-state index contributed by atoms with van der Waals surface area (Å²) in [6, 6.07) is 0. The van der Waals surface area contributed by atoms with Crippen LogP contribution in [0.3, 0.4) is 0 Å². The molecule has 0 radical (unpaired) electrons. The molecular weight excluding hydrogens is 294 g/mol. The van der Waals surface area contributed by atoms with Crippen LogP contribution >= 0.6 is 0 Å². The van der Waals surface area contributed by atoms with E-state index in [0.29, 0.717) is 5.82 Å². The van der Waals surface area contributed by atoms with Crippen LogP contribution in [0.5, 0.6) is 0 Å². The minimum absolute atomic E-state index is 0.00246. The smallest absolute Gasteiger partial charge is 0.303 e. The zero-order valence-corrected chi connectivity index (χ0v) is 12.9. The van der Waals surface area contributed by atoms with Gasteiger partial charge in [0.25, 0.3) is 10.0 Å². The van der Waals surface area contributed by atoms with Crippen molar-refractivity contribution in [2.75, 3.05) is 6.54 Å². The van der Waals surface area contributed by atoms with E-state index in [2.05, 4.69) is 14.7 Å². The van der Waals surface area contributed by atoms with E-state index < -0.39 is 21.4 Å². The summed E-state index contributed by atoms with van der Waals surface area (Å²) in [6.07, 6.45) is 5.71. The largest absolute Gasteiger partial charge is 0.481 e. The van der Waals surface area contributed by atoms with Crippen molar-refractivity contribution in [2.45, 2.75) is 50.5 Å². The second-order valence-electron chi connectivity index (χ2n) is 5.79. The van der Waals surface area contributed by atoms with Gasteiger partial charge in [-0.05, 0) is 25.2 Å². The molecule has 2 rings (SSSR count). The van der Waals surface area contributed by atoms with Gasteiger partial charge in [-0.15, -0.1) is 0 Å². The molecule has 7 nitrogen and oxygen atoms in total. The monoisotopic (exact) mass is 315 g/mol. The van der Waals surface area contributed by atoms with Crippen LogP contribution < -0.4 is 4.72 Å². The topological polar surface area (TPSA) is 112 Å². The number of aromatic amines is 1. The molecule has 1 heterocycles. The SMILES string of the molecule is Cc1ncc(S(=O)(=O)NCC2(CC(=O)O)CCCCC2)[nH]1. The lowest BCUT2D eigenvalue weighted by Gasteiger charge is -2.36. The molecule has 0 saturated heterocycles. The molecule has 0 atom stereocenters. The Morgan fingerprint density at radius 1 is 1.43 bits per heavy atom. The van der Waals surface area contributed by atoms with Crippen LogP contribution in [-0.2, 0) is 14.8 Å². The number of imidazole rings is 1. The second-order valence-corrected chi connectivity index (χ2v) is 7.52. The molecule has 118 valence electrons. The predicted molar refractivity (Wildman–Crippen MR) is 76.3 cm³/mol. The van der Waals surface area contributed by atoms with Crippen molar-refractivity contribution in [1.29, 1.82) is 0 Å². The van der Waals surface area contributed by atoms with Gasteiger partial charge in [0.15, 0.2) is 5.03 Å². The molecule has 1 aromatic heterocycles. The Morgan fingerprint density at radius 3 is 2.62 bits per heavy atom. The van der Waals surface area contributed by atoms with Crippen molar-refractivity contribution >= 4 is 16.0 Å². The van der Waals surface area contributed by atoms with E-state index in [1.54, 1.807) is 6.92 Å². The quantitative estimate of drug-likeness (QED) is 0.735. The summed E-state index contributed by atoms with van der Waals surface area (Å²) in [5.74, 6) is -0.359. The van der Waals surface area contributed by atoms with Gasteiger partial charge in [0.1, 0.15) is 5.82 Å². The Hall–Kier alpha value is -1.41. The molecule has 0 spiro atoms. The third-order valence-electron chi connectivity index (χ3n) is 4.05. The van der Waals surface area contributed by atoms with Gasteiger partial charge in [0, 0.05) is 6.54 Å². The molecule has 1 aliphatic carbocycles. The van der Waals surface area contributed by atoms with E-state index in [1.807, 2.05) is 0 Å². The number of nitrogens with zero attached hydrogens (tertiary/aromatic N) is 1. The van der Waals surface area contributed by atoms with Crippen molar-refractivity contribution in [3.05, 3.63) is 12.0 Å². The number of hydrogen-bond donors (Lipinski definition) is 3. The van der Waals surface area contributed by atoms with Gasteiger partial charge in [0.05, 0.1) is 12.6 Å². The minimum Gasteiger partial charge on any atom is -0.481 e. The van der Waals surface area contributed by atoms with E-state index in [9.17, 15) is 13.2 Å². The van der Waals surface area contributed by atoms with Crippen molar-refractivity contribution in [1.82, 2.24) is 14.7 Å². The Morgan fingerprint density at radius 2 is 2.10 bits per heavy atom. The number of rotatable bonds is 6. The second kappa shape index (κ2) is 6.15. The highest BCUT2D eigenvalue weighted by molar-refractivity contribution is 7.89. The van der Waals surface area contributed by atoms with Crippen LogP contribution in [0.1, 0.15) is 44.3 Å². The first kappa shape index (κ1) is 16.0. The number of hydrogen-bond acceptors (Lipinski definition) is 4. The number of aliphatic carboxylic acids is 1. The van der Waals surface area contributed by atoms with Crippen LogP contribution in [0.25, 0.3) is 0 Å². The zero-order valence-electron chi connectivity index (χ0n) is 12.1. The molecule has 0 aromatic carbocycles. The van der Waals surface area contributed by atoms with Gasteiger partial charge in [-0.1, -0.05) is 19.3 Å². The molecule has 8 heteroatoms. The fourth-order valence-electron chi connectivity index (χ4n) is 2.90.